The van der Waals surface area contributed by atoms with Gasteiger partial charge >= 0.3 is 11.9 Å². The molecule has 0 aliphatic rings. The summed E-state index contributed by atoms with van der Waals surface area (Å²) in [6.45, 7) is 0. The van der Waals surface area contributed by atoms with Gasteiger partial charge in [0.1, 0.15) is 5.75 Å². The van der Waals surface area contributed by atoms with Crippen LogP contribution in [0.3, 0.4) is 0 Å². The Morgan fingerprint density at radius 3 is 2.10 bits per heavy atom. The molecule has 5 N–H and O–H groups in total. The molecule has 0 aliphatic carbocycles. The SMILES string of the molecule is O=C(O)C(CC(O)(Cc1ccc(O)cc1)C(=O)O)=NO. The fourth-order valence-electron chi connectivity index (χ4n) is 1.60. The van der Waals surface area contributed by atoms with Gasteiger partial charge in [-0.25, -0.2) is 9.59 Å². The number of rotatable bonds is 6. The van der Waals surface area contributed by atoms with Crippen molar-refractivity contribution in [2.24, 2.45) is 5.16 Å². The van der Waals surface area contributed by atoms with E-state index in [1.807, 2.05) is 0 Å². The zero-order valence-corrected chi connectivity index (χ0v) is 10.2. The maximum Gasteiger partial charge on any atom is 0.353 e. The molecule has 0 saturated heterocycles. The average molecular weight is 283 g/mol. The molecule has 1 atom stereocenters. The number of aliphatic carboxylic acids is 2. The molecule has 108 valence electrons. The largest absolute Gasteiger partial charge is 0.508 e. The molecule has 1 aromatic rings. The number of aromatic hydroxyl groups is 1. The summed E-state index contributed by atoms with van der Waals surface area (Å²) in [6.07, 6.45) is -1.27. The molecule has 0 saturated carbocycles. The Balaban J connectivity index is 3.00. The Morgan fingerprint density at radius 1 is 1.15 bits per heavy atom. The van der Waals surface area contributed by atoms with Crippen LogP contribution in [0.5, 0.6) is 5.75 Å². The van der Waals surface area contributed by atoms with Crippen LogP contribution < -0.4 is 0 Å². The number of benzene rings is 1. The van der Waals surface area contributed by atoms with Crippen LogP contribution in [0.15, 0.2) is 29.4 Å². The second kappa shape index (κ2) is 6.02. The van der Waals surface area contributed by atoms with Crippen molar-refractivity contribution in [2.45, 2.75) is 18.4 Å². The summed E-state index contributed by atoms with van der Waals surface area (Å²) in [5, 5.41) is 47.9. The van der Waals surface area contributed by atoms with Crippen molar-refractivity contribution >= 4 is 17.7 Å². The van der Waals surface area contributed by atoms with Gasteiger partial charge in [-0.05, 0) is 17.7 Å². The highest BCUT2D eigenvalue weighted by molar-refractivity contribution is 6.36. The van der Waals surface area contributed by atoms with Crippen LogP contribution in [0.1, 0.15) is 12.0 Å². The third-order valence-electron chi connectivity index (χ3n) is 2.66. The minimum atomic E-state index is -2.43. The van der Waals surface area contributed by atoms with Gasteiger partial charge in [0.25, 0.3) is 0 Å². The van der Waals surface area contributed by atoms with E-state index in [0.717, 1.165) is 0 Å². The summed E-state index contributed by atoms with van der Waals surface area (Å²) in [6, 6.07) is 5.38. The van der Waals surface area contributed by atoms with Crippen LogP contribution >= 0.6 is 0 Å². The Bertz CT molecular complexity index is 537. The number of hydrogen-bond acceptors (Lipinski definition) is 6. The van der Waals surface area contributed by atoms with Crippen molar-refractivity contribution < 1.29 is 35.2 Å². The highest BCUT2D eigenvalue weighted by Gasteiger charge is 2.39. The van der Waals surface area contributed by atoms with Crippen molar-refractivity contribution in [3.63, 3.8) is 0 Å². The van der Waals surface area contributed by atoms with E-state index in [-0.39, 0.29) is 5.75 Å². The molecule has 0 amide bonds. The highest BCUT2D eigenvalue weighted by Crippen LogP contribution is 2.21. The van der Waals surface area contributed by atoms with Gasteiger partial charge in [0.05, 0.1) is 0 Å². The van der Waals surface area contributed by atoms with Gasteiger partial charge in [-0.3, -0.25) is 0 Å². The van der Waals surface area contributed by atoms with E-state index in [1.165, 1.54) is 24.3 Å². The first kappa shape index (κ1) is 15.4. The zero-order valence-electron chi connectivity index (χ0n) is 10.2. The van der Waals surface area contributed by atoms with Gasteiger partial charge < -0.3 is 25.6 Å². The van der Waals surface area contributed by atoms with Crippen LogP contribution in [-0.4, -0.2) is 48.9 Å². The predicted octanol–water partition coefficient (Wildman–Crippen LogP) is 0.0553. The molecular weight excluding hydrogens is 270 g/mol. The minimum absolute atomic E-state index is 0.0317. The Kier molecular flexibility index (Phi) is 4.65. The molecule has 0 aromatic heterocycles. The number of aliphatic hydroxyl groups is 1. The van der Waals surface area contributed by atoms with Crippen LogP contribution in [0.2, 0.25) is 0 Å². The van der Waals surface area contributed by atoms with E-state index in [0.29, 0.717) is 5.56 Å². The minimum Gasteiger partial charge on any atom is -0.508 e. The van der Waals surface area contributed by atoms with Gasteiger partial charge in [0, 0.05) is 12.8 Å². The number of carboxylic acids is 2. The maximum atomic E-state index is 11.1. The van der Waals surface area contributed by atoms with Gasteiger partial charge in [0.2, 0.25) is 0 Å². The molecule has 8 heteroatoms. The predicted molar refractivity (Wildman–Crippen MR) is 65.9 cm³/mol. The Hall–Kier alpha value is -2.61. The lowest BCUT2D eigenvalue weighted by molar-refractivity contribution is -0.157. The molecule has 0 aliphatic heterocycles. The lowest BCUT2D eigenvalue weighted by Gasteiger charge is -2.22. The second-order valence-corrected chi connectivity index (χ2v) is 4.21. The molecule has 1 rings (SSSR count). The molecule has 0 spiro atoms. The van der Waals surface area contributed by atoms with Crippen LogP contribution in [-0.2, 0) is 16.0 Å². The zero-order chi connectivity index (χ0) is 15.3. The standard InChI is InChI=1S/C12H13NO7/c14-8-3-1-7(2-4-8)5-12(19,11(17)18)6-9(13-20)10(15)16/h1-4,14,19-20H,5-6H2,(H,15,16)(H,17,18). The Morgan fingerprint density at radius 2 is 1.70 bits per heavy atom. The first-order chi connectivity index (χ1) is 9.28. The van der Waals surface area contributed by atoms with Crippen LogP contribution in [0, 0.1) is 0 Å². The van der Waals surface area contributed by atoms with Gasteiger partial charge in [-0.1, -0.05) is 17.3 Å². The monoisotopic (exact) mass is 283 g/mol. The summed E-state index contributed by atoms with van der Waals surface area (Å²) >= 11 is 0. The van der Waals surface area contributed by atoms with E-state index in [9.17, 15) is 14.7 Å². The smallest absolute Gasteiger partial charge is 0.353 e. The first-order valence-electron chi connectivity index (χ1n) is 5.46. The van der Waals surface area contributed by atoms with E-state index in [2.05, 4.69) is 5.16 Å². The second-order valence-electron chi connectivity index (χ2n) is 4.21. The van der Waals surface area contributed by atoms with Gasteiger partial charge in [0.15, 0.2) is 11.3 Å². The average Bonchev–Trinajstić information content (AvgIpc) is 2.38. The lowest BCUT2D eigenvalue weighted by Crippen LogP contribution is -2.44. The fourth-order valence-corrected chi connectivity index (χ4v) is 1.60. The van der Waals surface area contributed by atoms with E-state index >= 15 is 0 Å². The molecule has 0 heterocycles. The number of carboxylic acid groups (broad SMARTS) is 2. The third-order valence-corrected chi connectivity index (χ3v) is 2.66. The van der Waals surface area contributed by atoms with E-state index in [4.69, 9.17) is 20.5 Å². The normalized spacial score (nSPS) is 14.6. The van der Waals surface area contributed by atoms with E-state index < -0.39 is 36.1 Å². The number of phenolic OH excluding ortho intramolecular Hbond substituents is 1. The van der Waals surface area contributed by atoms with Crippen molar-refractivity contribution in [1.82, 2.24) is 0 Å². The first-order valence-corrected chi connectivity index (χ1v) is 5.46. The van der Waals surface area contributed by atoms with Crippen molar-refractivity contribution in [3.05, 3.63) is 29.8 Å². The molecule has 0 radical (unpaired) electrons. The fraction of sp³-hybridized carbons (Fsp3) is 0.250. The topological polar surface area (TPSA) is 148 Å². The maximum absolute atomic E-state index is 11.1. The van der Waals surface area contributed by atoms with Crippen LogP contribution in [0.4, 0.5) is 0 Å². The molecule has 0 bridgehead atoms. The third kappa shape index (κ3) is 3.69. The molecule has 0 fully saturated rings. The summed E-state index contributed by atoms with van der Waals surface area (Å²) in [7, 11) is 0. The van der Waals surface area contributed by atoms with Gasteiger partial charge in [-0.2, -0.15) is 0 Å². The van der Waals surface area contributed by atoms with Crippen molar-refractivity contribution in [2.75, 3.05) is 0 Å². The molecular formula is C12H13NO7. The molecule has 8 nitrogen and oxygen atoms in total. The summed E-state index contributed by atoms with van der Waals surface area (Å²) in [4.78, 5) is 21.8. The molecule has 1 unspecified atom stereocenters. The van der Waals surface area contributed by atoms with Crippen LogP contribution in [0.25, 0.3) is 0 Å². The number of hydrogen-bond donors (Lipinski definition) is 5. The molecule has 20 heavy (non-hydrogen) atoms. The number of carbonyl (C=O) groups is 2. The number of nitrogens with zero attached hydrogens (tertiary/aromatic N) is 1. The summed E-state index contributed by atoms with van der Waals surface area (Å²) < 4.78 is 0. The number of oxime groups is 1. The Labute approximate surface area is 113 Å². The summed E-state index contributed by atoms with van der Waals surface area (Å²) in [5.41, 5.74) is -2.93. The lowest BCUT2D eigenvalue weighted by atomic mass is 9.89. The van der Waals surface area contributed by atoms with Gasteiger partial charge in [-0.15, -0.1) is 0 Å². The quantitative estimate of drug-likeness (QED) is 0.281. The summed E-state index contributed by atoms with van der Waals surface area (Å²) in [5.74, 6) is -3.30. The van der Waals surface area contributed by atoms with E-state index in [1.54, 1.807) is 0 Å². The molecule has 1 aromatic carbocycles. The van der Waals surface area contributed by atoms with Crippen molar-refractivity contribution in [1.29, 1.82) is 0 Å². The van der Waals surface area contributed by atoms with Crippen molar-refractivity contribution in [3.8, 4) is 5.75 Å². The number of phenols is 1. The highest BCUT2D eigenvalue weighted by atomic mass is 16.4.